The van der Waals surface area contributed by atoms with Crippen LogP contribution in [-0.4, -0.2) is 59.6 Å². The molecule has 3 aliphatic rings. The van der Waals surface area contributed by atoms with Gasteiger partial charge in [0.15, 0.2) is 0 Å². The molecule has 0 bridgehead atoms. The number of ether oxygens (including phenoxy) is 1. The first-order chi connectivity index (χ1) is 14.5. The monoisotopic (exact) mass is 438 g/mol. The molecule has 10 nitrogen and oxygen atoms in total. The third kappa shape index (κ3) is 5.35. The molecule has 3 fully saturated rings. The number of rotatable bonds is 5. The van der Waals surface area contributed by atoms with Crippen LogP contribution >= 0.6 is 11.6 Å². The molecule has 4 rings (SSSR count). The molecule has 0 aromatic carbocycles. The lowest BCUT2D eigenvalue weighted by Gasteiger charge is -2.29. The second-order valence-corrected chi connectivity index (χ2v) is 8.62. The van der Waals surface area contributed by atoms with Crippen molar-refractivity contribution in [2.24, 2.45) is 0 Å². The molecule has 2 saturated carbocycles. The summed E-state index contributed by atoms with van der Waals surface area (Å²) < 4.78 is 5.56. The van der Waals surface area contributed by atoms with Crippen molar-refractivity contribution in [2.45, 2.75) is 69.2 Å². The van der Waals surface area contributed by atoms with Crippen LogP contribution in [0.25, 0.3) is 0 Å². The zero-order chi connectivity index (χ0) is 21.1. The molecule has 2 heterocycles. The Hall–Kier alpha value is -2.49. The number of nitrogens with zero attached hydrogens (tertiary/aromatic N) is 2. The first kappa shape index (κ1) is 20.8. The molecule has 1 aromatic heterocycles. The second-order valence-electron chi connectivity index (χ2n) is 8.25. The van der Waals surface area contributed by atoms with Gasteiger partial charge in [0.05, 0.1) is 18.4 Å². The Morgan fingerprint density at radius 2 is 1.63 bits per heavy atom. The summed E-state index contributed by atoms with van der Waals surface area (Å²) in [6, 6.07) is 0.452. The van der Waals surface area contributed by atoms with Gasteiger partial charge >= 0.3 is 12.1 Å². The van der Waals surface area contributed by atoms with Crippen LogP contribution in [0.4, 0.5) is 15.3 Å². The van der Waals surface area contributed by atoms with Gasteiger partial charge in [-0.3, -0.25) is 4.79 Å². The number of aromatic nitrogens is 2. The highest BCUT2D eigenvalue weighted by Gasteiger charge is 2.30. The van der Waals surface area contributed by atoms with Gasteiger partial charge in [0.1, 0.15) is 11.1 Å². The number of aromatic amines is 1. The highest BCUT2D eigenvalue weighted by molar-refractivity contribution is 6.33. The van der Waals surface area contributed by atoms with Gasteiger partial charge in [0, 0.05) is 31.1 Å². The summed E-state index contributed by atoms with van der Waals surface area (Å²) in [4.78, 5) is 37.6. The Bertz CT molecular complexity index is 837. The minimum absolute atomic E-state index is 0.0471. The summed E-state index contributed by atoms with van der Waals surface area (Å²) in [6.07, 6.45) is 6.85. The fourth-order valence-corrected chi connectivity index (χ4v) is 4.22. The van der Waals surface area contributed by atoms with Crippen molar-refractivity contribution in [3.63, 3.8) is 0 Å². The predicted octanol–water partition coefficient (Wildman–Crippen LogP) is 1.50. The molecular weight excluding hydrogens is 412 g/mol. The van der Waals surface area contributed by atoms with Gasteiger partial charge in [-0.05, 0) is 38.5 Å². The highest BCUT2D eigenvalue weighted by Crippen LogP contribution is 2.26. The summed E-state index contributed by atoms with van der Waals surface area (Å²) in [5.41, 5.74) is 0.106. The average molecular weight is 439 g/mol. The maximum absolute atomic E-state index is 12.3. The Balaban J connectivity index is 1.17. The molecule has 1 atom stereocenters. The van der Waals surface area contributed by atoms with Crippen LogP contribution in [0.3, 0.4) is 0 Å². The lowest BCUT2D eigenvalue weighted by Crippen LogP contribution is -2.47. The molecule has 3 amide bonds. The van der Waals surface area contributed by atoms with Gasteiger partial charge in [-0.1, -0.05) is 11.6 Å². The Morgan fingerprint density at radius 1 is 1.03 bits per heavy atom. The number of hydrogen-bond acceptors (Lipinski definition) is 6. The fraction of sp³-hybridized carbons (Fsp3) is 0.684. The van der Waals surface area contributed by atoms with Gasteiger partial charge in [-0.25, -0.2) is 14.7 Å². The van der Waals surface area contributed by atoms with Crippen molar-refractivity contribution in [3.05, 3.63) is 21.6 Å². The number of carbonyl (C=O) groups excluding carboxylic acids is 2. The quantitative estimate of drug-likeness (QED) is 0.551. The molecular formula is C19H27ClN6O4. The fourth-order valence-electron chi connectivity index (χ4n) is 4.01. The van der Waals surface area contributed by atoms with E-state index < -0.39 is 11.7 Å². The maximum Gasteiger partial charge on any atom is 0.407 e. The molecule has 164 valence electrons. The summed E-state index contributed by atoms with van der Waals surface area (Å²) in [5, 5.41) is 15.0. The van der Waals surface area contributed by atoms with Crippen molar-refractivity contribution in [3.8, 4) is 0 Å². The van der Waals surface area contributed by atoms with E-state index in [-0.39, 0.29) is 29.2 Å². The number of H-pyrrole nitrogens is 1. The number of halogens is 1. The van der Waals surface area contributed by atoms with E-state index in [0.717, 1.165) is 38.5 Å². The number of anilines is 1. The van der Waals surface area contributed by atoms with Crippen LogP contribution in [0.5, 0.6) is 0 Å². The second kappa shape index (κ2) is 9.11. The van der Waals surface area contributed by atoms with Crippen LogP contribution in [0, 0.1) is 0 Å². The van der Waals surface area contributed by atoms with Crippen molar-refractivity contribution in [1.82, 2.24) is 26.1 Å². The van der Waals surface area contributed by atoms with E-state index in [1.165, 1.54) is 6.20 Å². The Kier molecular flexibility index (Phi) is 6.31. The van der Waals surface area contributed by atoms with Gasteiger partial charge in [-0.15, -0.1) is 0 Å². The number of hydrogen-bond donors (Lipinski definition) is 4. The average Bonchev–Trinajstić information content (AvgIpc) is 3.41. The van der Waals surface area contributed by atoms with Crippen LogP contribution in [-0.2, 0) is 4.74 Å². The molecule has 1 aliphatic heterocycles. The van der Waals surface area contributed by atoms with E-state index in [1.54, 1.807) is 0 Å². The number of carbonyl (C=O) groups is 2. The molecule has 1 aromatic rings. The third-order valence-corrected chi connectivity index (χ3v) is 6.20. The van der Waals surface area contributed by atoms with Gasteiger partial charge in [0.25, 0.3) is 5.56 Å². The zero-order valence-electron chi connectivity index (χ0n) is 16.7. The molecule has 0 radical (unpaired) electrons. The first-order valence-corrected chi connectivity index (χ1v) is 10.9. The zero-order valence-corrected chi connectivity index (χ0v) is 17.4. The topological polar surface area (TPSA) is 128 Å². The SMILES string of the molecule is O=C(NC1CC1)N[C@H]1CC[C@H](NC(=O)O[C@@H]2CCN(c3cn[nH]c(=O)c3Cl)C2)CC1. The number of nitrogens with one attached hydrogen (secondary N) is 4. The highest BCUT2D eigenvalue weighted by atomic mass is 35.5. The van der Waals surface area contributed by atoms with Gasteiger partial charge in [-0.2, -0.15) is 5.10 Å². The van der Waals surface area contributed by atoms with E-state index in [4.69, 9.17) is 16.3 Å². The van der Waals surface area contributed by atoms with Crippen LogP contribution in [0.2, 0.25) is 5.02 Å². The molecule has 11 heteroatoms. The Labute approximate surface area is 179 Å². The van der Waals surface area contributed by atoms with Crippen LogP contribution in [0.15, 0.2) is 11.0 Å². The molecule has 4 N–H and O–H groups in total. The molecule has 2 aliphatic carbocycles. The van der Waals surface area contributed by atoms with Crippen molar-refractivity contribution in [1.29, 1.82) is 0 Å². The van der Waals surface area contributed by atoms with Crippen molar-refractivity contribution in [2.75, 3.05) is 18.0 Å². The first-order valence-electron chi connectivity index (χ1n) is 10.5. The summed E-state index contributed by atoms with van der Waals surface area (Å²) >= 11 is 6.05. The van der Waals surface area contributed by atoms with Crippen LogP contribution < -0.4 is 26.4 Å². The third-order valence-electron chi connectivity index (χ3n) is 5.83. The van der Waals surface area contributed by atoms with E-state index in [0.29, 0.717) is 31.2 Å². The summed E-state index contributed by atoms with van der Waals surface area (Å²) in [5.74, 6) is 0. The number of alkyl carbamates (subject to hydrolysis) is 1. The summed E-state index contributed by atoms with van der Waals surface area (Å²) in [7, 11) is 0. The maximum atomic E-state index is 12.3. The molecule has 30 heavy (non-hydrogen) atoms. The molecule has 1 saturated heterocycles. The summed E-state index contributed by atoms with van der Waals surface area (Å²) in [6.45, 7) is 1.09. The van der Waals surface area contributed by atoms with E-state index in [9.17, 15) is 14.4 Å². The number of urea groups is 1. The van der Waals surface area contributed by atoms with Crippen molar-refractivity contribution >= 4 is 29.4 Å². The largest absolute Gasteiger partial charge is 0.444 e. The van der Waals surface area contributed by atoms with Gasteiger partial charge in [0.2, 0.25) is 0 Å². The van der Waals surface area contributed by atoms with E-state index in [1.807, 2.05) is 4.90 Å². The Morgan fingerprint density at radius 3 is 2.27 bits per heavy atom. The van der Waals surface area contributed by atoms with Crippen molar-refractivity contribution < 1.29 is 14.3 Å². The number of amides is 3. The molecule has 0 spiro atoms. The normalized spacial score (nSPS) is 26.2. The van der Waals surface area contributed by atoms with Gasteiger partial charge < -0.3 is 25.6 Å². The molecule has 0 unspecified atom stereocenters. The van der Waals surface area contributed by atoms with Crippen LogP contribution in [0.1, 0.15) is 44.9 Å². The smallest absolute Gasteiger partial charge is 0.407 e. The lowest BCUT2D eigenvalue weighted by atomic mass is 9.91. The predicted molar refractivity (Wildman–Crippen MR) is 111 cm³/mol. The van der Waals surface area contributed by atoms with E-state index >= 15 is 0 Å². The minimum Gasteiger partial charge on any atom is -0.444 e. The minimum atomic E-state index is -0.439. The van der Waals surface area contributed by atoms with E-state index in [2.05, 4.69) is 26.1 Å². The lowest BCUT2D eigenvalue weighted by molar-refractivity contribution is 0.102. The standard InChI is InChI=1S/C19H27ClN6O4/c20-16-15(9-21-25-17(16)27)26-8-7-14(10-26)30-19(29)24-13-5-3-12(4-6-13)23-18(28)22-11-1-2-11/h9,11-14H,1-8,10H2,(H,24,29)(H,25,27)(H2,22,23,28)/t12-,13-,14-/m1/s1.